The SMILES string of the molecule is CC(CC(O)c1ccccc1)NC(=O)NCc1cccc2cccnc12. The van der Waals surface area contributed by atoms with Crippen LogP contribution in [0, 0.1) is 0 Å². The molecule has 0 aliphatic heterocycles. The Bertz CT molecular complexity index is 862. The first-order chi connectivity index (χ1) is 12.6. The molecule has 2 unspecified atom stereocenters. The number of para-hydroxylation sites is 1. The van der Waals surface area contributed by atoms with Crippen molar-refractivity contribution < 1.29 is 9.90 Å². The number of nitrogens with zero attached hydrogens (tertiary/aromatic N) is 1. The second-order valence-corrected chi connectivity index (χ2v) is 6.38. The molecule has 2 aromatic carbocycles. The predicted octanol–water partition coefficient (Wildman–Crippen LogP) is 3.55. The molecule has 134 valence electrons. The third-order valence-corrected chi connectivity index (χ3v) is 4.29. The van der Waals surface area contributed by atoms with Crippen molar-refractivity contribution >= 4 is 16.9 Å². The van der Waals surface area contributed by atoms with Crippen LogP contribution in [-0.4, -0.2) is 22.2 Å². The lowest BCUT2D eigenvalue weighted by atomic mass is 10.0. The van der Waals surface area contributed by atoms with Gasteiger partial charge in [-0.1, -0.05) is 54.6 Å². The summed E-state index contributed by atoms with van der Waals surface area (Å²) in [5.41, 5.74) is 2.71. The largest absolute Gasteiger partial charge is 0.388 e. The van der Waals surface area contributed by atoms with Crippen LogP contribution in [0.25, 0.3) is 10.9 Å². The van der Waals surface area contributed by atoms with E-state index in [9.17, 15) is 9.90 Å². The predicted molar refractivity (Wildman–Crippen MR) is 103 cm³/mol. The highest BCUT2D eigenvalue weighted by Gasteiger charge is 2.14. The molecular formula is C21H23N3O2. The fourth-order valence-corrected chi connectivity index (χ4v) is 2.97. The van der Waals surface area contributed by atoms with Crippen molar-refractivity contribution in [1.29, 1.82) is 0 Å². The Morgan fingerprint density at radius 1 is 1.08 bits per heavy atom. The zero-order chi connectivity index (χ0) is 18.4. The standard InChI is InChI=1S/C21H23N3O2/c1-15(13-19(25)16-7-3-2-4-8-16)24-21(26)23-14-18-10-5-9-17-11-6-12-22-20(17)18/h2-12,15,19,25H,13-14H2,1H3,(H2,23,24,26). The third-order valence-electron chi connectivity index (χ3n) is 4.29. The van der Waals surface area contributed by atoms with E-state index in [0.717, 1.165) is 22.0 Å². The second kappa shape index (κ2) is 8.45. The van der Waals surface area contributed by atoms with Gasteiger partial charge in [-0.05, 0) is 30.5 Å². The Morgan fingerprint density at radius 2 is 1.85 bits per heavy atom. The van der Waals surface area contributed by atoms with Crippen LogP contribution in [-0.2, 0) is 6.54 Å². The Kier molecular flexibility index (Phi) is 5.81. The first kappa shape index (κ1) is 17.9. The molecule has 0 aliphatic carbocycles. The lowest BCUT2D eigenvalue weighted by Gasteiger charge is -2.18. The number of amides is 2. The molecule has 3 aromatic rings. The second-order valence-electron chi connectivity index (χ2n) is 6.38. The zero-order valence-corrected chi connectivity index (χ0v) is 14.7. The first-order valence-corrected chi connectivity index (χ1v) is 8.73. The minimum Gasteiger partial charge on any atom is -0.388 e. The summed E-state index contributed by atoms with van der Waals surface area (Å²) in [6.07, 6.45) is 1.60. The van der Waals surface area contributed by atoms with E-state index in [1.54, 1.807) is 6.20 Å². The number of benzene rings is 2. The van der Waals surface area contributed by atoms with Gasteiger partial charge in [-0.3, -0.25) is 4.98 Å². The number of rotatable bonds is 6. The minimum absolute atomic E-state index is 0.157. The van der Waals surface area contributed by atoms with Crippen molar-refractivity contribution in [3.63, 3.8) is 0 Å². The van der Waals surface area contributed by atoms with Crippen LogP contribution < -0.4 is 10.6 Å². The normalized spacial score (nSPS) is 13.2. The molecule has 26 heavy (non-hydrogen) atoms. The molecule has 0 saturated carbocycles. The third kappa shape index (κ3) is 4.58. The summed E-state index contributed by atoms with van der Waals surface area (Å²) in [5, 5.41) is 17.0. The van der Waals surface area contributed by atoms with Gasteiger partial charge in [-0.2, -0.15) is 0 Å². The van der Waals surface area contributed by atoms with Crippen LogP contribution in [0.2, 0.25) is 0 Å². The van der Waals surface area contributed by atoms with Crippen molar-refractivity contribution in [3.05, 3.63) is 78.0 Å². The van der Waals surface area contributed by atoms with Gasteiger partial charge in [0.15, 0.2) is 0 Å². The minimum atomic E-state index is -0.603. The zero-order valence-electron chi connectivity index (χ0n) is 14.7. The summed E-state index contributed by atoms with van der Waals surface area (Å²) >= 11 is 0. The van der Waals surface area contributed by atoms with Crippen molar-refractivity contribution in [2.45, 2.75) is 32.0 Å². The van der Waals surface area contributed by atoms with E-state index >= 15 is 0 Å². The summed E-state index contributed by atoms with van der Waals surface area (Å²) in [7, 11) is 0. The number of aromatic nitrogens is 1. The molecule has 0 saturated heterocycles. The molecule has 3 N–H and O–H groups in total. The number of carbonyl (C=O) groups is 1. The van der Waals surface area contributed by atoms with E-state index in [2.05, 4.69) is 15.6 Å². The van der Waals surface area contributed by atoms with Crippen LogP contribution >= 0.6 is 0 Å². The van der Waals surface area contributed by atoms with Gasteiger partial charge in [0.05, 0.1) is 11.6 Å². The molecule has 0 radical (unpaired) electrons. The molecule has 2 amide bonds. The summed E-state index contributed by atoms with van der Waals surface area (Å²) in [6.45, 7) is 2.28. The van der Waals surface area contributed by atoms with E-state index in [1.807, 2.05) is 67.6 Å². The smallest absolute Gasteiger partial charge is 0.315 e. The average Bonchev–Trinajstić information content (AvgIpc) is 2.67. The van der Waals surface area contributed by atoms with Gasteiger partial charge in [-0.25, -0.2) is 4.79 Å². The number of aliphatic hydroxyl groups excluding tert-OH is 1. The number of hydrogen-bond donors (Lipinski definition) is 3. The van der Waals surface area contributed by atoms with Crippen molar-refractivity contribution in [2.75, 3.05) is 0 Å². The van der Waals surface area contributed by atoms with Gasteiger partial charge >= 0.3 is 6.03 Å². The highest BCUT2D eigenvalue weighted by Crippen LogP contribution is 2.18. The van der Waals surface area contributed by atoms with E-state index in [0.29, 0.717) is 13.0 Å². The maximum absolute atomic E-state index is 12.2. The highest BCUT2D eigenvalue weighted by molar-refractivity contribution is 5.82. The van der Waals surface area contributed by atoms with E-state index in [4.69, 9.17) is 0 Å². The van der Waals surface area contributed by atoms with Gasteiger partial charge in [-0.15, -0.1) is 0 Å². The molecule has 5 heteroatoms. The van der Waals surface area contributed by atoms with Crippen LogP contribution in [0.15, 0.2) is 66.9 Å². The molecule has 2 atom stereocenters. The molecule has 0 spiro atoms. The van der Waals surface area contributed by atoms with Gasteiger partial charge in [0.1, 0.15) is 0 Å². The van der Waals surface area contributed by atoms with E-state index in [-0.39, 0.29) is 12.1 Å². The van der Waals surface area contributed by atoms with Crippen molar-refractivity contribution in [3.8, 4) is 0 Å². The van der Waals surface area contributed by atoms with Crippen LogP contribution in [0.1, 0.15) is 30.6 Å². The molecule has 1 aromatic heterocycles. The Labute approximate surface area is 153 Å². The van der Waals surface area contributed by atoms with Gasteiger partial charge in [0.2, 0.25) is 0 Å². The number of pyridine rings is 1. The maximum atomic E-state index is 12.2. The lowest BCUT2D eigenvalue weighted by molar-refractivity contribution is 0.154. The van der Waals surface area contributed by atoms with E-state index in [1.165, 1.54) is 0 Å². The number of aliphatic hydroxyl groups is 1. The highest BCUT2D eigenvalue weighted by atomic mass is 16.3. The van der Waals surface area contributed by atoms with Crippen molar-refractivity contribution in [2.24, 2.45) is 0 Å². The fourth-order valence-electron chi connectivity index (χ4n) is 2.97. The Hall–Kier alpha value is -2.92. The van der Waals surface area contributed by atoms with Crippen LogP contribution in [0.4, 0.5) is 4.79 Å². The van der Waals surface area contributed by atoms with Gasteiger partial charge in [0.25, 0.3) is 0 Å². The summed E-state index contributed by atoms with van der Waals surface area (Å²) in [4.78, 5) is 16.5. The quantitative estimate of drug-likeness (QED) is 0.637. The van der Waals surface area contributed by atoms with E-state index < -0.39 is 6.10 Å². The van der Waals surface area contributed by atoms with Gasteiger partial charge < -0.3 is 15.7 Å². The summed E-state index contributed by atoms with van der Waals surface area (Å²) < 4.78 is 0. The topological polar surface area (TPSA) is 74.2 Å². The maximum Gasteiger partial charge on any atom is 0.315 e. The molecule has 1 heterocycles. The number of carbonyl (C=O) groups excluding carboxylic acids is 1. The molecular weight excluding hydrogens is 326 g/mol. The first-order valence-electron chi connectivity index (χ1n) is 8.73. The van der Waals surface area contributed by atoms with Crippen molar-refractivity contribution in [1.82, 2.24) is 15.6 Å². The molecule has 5 nitrogen and oxygen atoms in total. The lowest BCUT2D eigenvalue weighted by Crippen LogP contribution is -2.41. The number of nitrogens with one attached hydrogen (secondary N) is 2. The summed E-state index contributed by atoms with van der Waals surface area (Å²) in [5.74, 6) is 0. The molecule has 3 rings (SSSR count). The van der Waals surface area contributed by atoms with Crippen LogP contribution in [0.3, 0.4) is 0 Å². The molecule has 0 aliphatic rings. The molecule has 0 fully saturated rings. The number of hydrogen-bond acceptors (Lipinski definition) is 3. The number of fused-ring (bicyclic) bond motifs is 1. The van der Waals surface area contributed by atoms with Crippen LogP contribution in [0.5, 0.6) is 0 Å². The van der Waals surface area contributed by atoms with Gasteiger partial charge in [0, 0.05) is 24.2 Å². The average molecular weight is 349 g/mol. The number of urea groups is 1. The summed E-state index contributed by atoms with van der Waals surface area (Å²) in [6, 6.07) is 18.8. The monoisotopic (exact) mass is 349 g/mol. The molecule has 0 bridgehead atoms. The Balaban J connectivity index is 1.52. The fraction of sp³-hybridized carbons (Fsp3) is 0.238. The Morgan fingerprint density at radius 3 is 2.65 bits per heavy atom.